The molecule has 0 bridgehead atoms. The lowest BCUT2D eigenvalue weighted by Gasteiger charge is -2.09. The summed E-state index contributed by atoms with van der Waals surface area (Å²) >= 11 is 5.99. The Bertz CT molecular complexity index is 3670. The number of thiazole rings is 2. The summed E-state index contributed by atoms with van der Waals surface area (Å²) in [5.41, 5.74) is 1.37. The fourth-order valence-electron chi connectivity index (χ4n) is 6.94. The van der Waals surface area contributed by atoms with Gasteiger partial charge in [-0.3, -0.25) is 30.2 Å². The summed E-state index contributed by atoms with van der Waals surface area (Å²) in [5, 5.41) is 37.6. The molecule has 24 heteroatoms. The lowest BCUT2D eigenvalue weighted by atomic mass is 10.1. The molecule has 6 aromatic carbocycles. The van der Waals surface area contributed by atoms with Crippen LogP contribution in [0.3, 0.4) is 0 Å². The monoisotopic (exact) mass is 1030 g/mol. The van der Waals surface area contributed by atoms with Crippen molar-refractivity contribution in [1.29, 1.82) is 0 Å². The number of rotatable bonds is 11. The van der Waals surface area contributed by atoms with Gasteiger partial charge in [0.15, 0.2) is 10.9 Å². The first-order valence-corrected chi connectivity index (χ1v) is 26.0. The molecular formula is C44H34N6O12S6. The zero-order valence-corrected chi connectivity index (χ0v) is 39.4. The van der Waals surface area contributed by atoms with Crippen molar-refractivity contribution in [3.63, 3.8) is 0 Å². The molecule has 2 unspecified atom stereocenters. The van der Waals surface area contributed by atoms with Crippen molar-refractivity contribution in [1.82, 2.24) is 9.97 Å². The number of nitro benzene ring substituents is 2. The number of non-ortho nitro benzene ring substituents is 1. The van der Waals surface area contributed by atoms with E-state index in [1.54, 1.807) is 60.4 Å². The molecular weight excluding hydrogens is 997 g/mol. The summed E-state index contributed by atoms with van der Waals surface area (Å²) in [6.45, 7) is 3.71. The minimum absolute atomic E-state index is 0. The van der Waals surface area contributed by atoms with Gasteiger partial charge in [0.2, 0.25) is 0 Å². The minimum atomic E-state index is -4.45. The van der Waals surface area contributed by atoms with E-state index >= 15 is 0 Å². The quantitative estimate of drug-likeness (QED) is 0.0717. The number of nitrogens with zero attached hydrogens (tertiary/aromatic N) is 6. The fourth-order valence-corrected chi connectivity index (χ4v) is 13.3. The van der Waals surface area contributed by atoms with E-state index in [4.69, 9.17) is 18.5 Å². The molecule has 2 aliphatic heterocycles. The van der Waals surface area contributed by atoms with E-state index in [9.17, 15) is 41.9 Å². The lowest BCUT2D eigenvalue weighted by molar-refractivity contribution is -0.387. The molecule has 0 aliphatic carbocycles. The van der Waals surface area contributed by atoms with Gasteiger partial charge in [0.25, 0.3) is 11.4 Å². The molecule has 2 atom stereocenters. The Kier molecular flexibility index (Phi) is 13.3. The molecule has 10 rings (SSSR count). The predicted molar refractivity (Wildman–Crippen MR) is 266 cm³/mol. The van der Waals surface area contributed by atoms with E-state index < -0.39 is 52.7 Å². The van der Waals surface area contributed by atoms with Gasteiger partial charge < -0.3 is 13.5 Å². The Morgan fingerprint density at radius 2 is 1.24 bits per heavy atom. The predicted octanol–water partition coefficient (Wildman–Crippen LogP) is 10.0. The lowest BCUT2D eigenvalue weighted by Crippen LogP contribution is -2.17. The number of carbonyl (C=O) groups is 1. The second kappa shape index (κ2) is 18.8. The van der Waals surface area contributed by atoms with Gasteiger partial charge in [0.1, 0.15) is 36.5 Å². The third-order valence-electron chi connectivity index (χ3n) is 10.1. The van der Waals surface area contributed by atoms with Gasteiger partial charge in [-0.1, -0.05) is 25.6 Å². The number of hydrogen-bond acceptors (Lipinski definition) is 19. The molecule has 68 heavy (non-hydrogen) atoms. The van der Waals surface area contributed by atoms with E-state index in [0.717, 1.165) is 77.2 Å². The highest BCUT2D eigenvalue weighted by Gasteiger charge is 2.30. The van der Waals surface area contributed by atoms with Crippen molar-refractivity contribution in [2.75, 3.05) is 11.5 Å². The Morgan fingerprint density at radius 3 is 1.74 bits per heavy atom. The Hall–Kier alpha value is -6.57. The van der Waals surface area contributed by atoms with Crippen molar-refractivity contribution < 1.29 is 44.9 Å². The summed E-state index contributed by atoms with van der Waals surface area (Å²) in [7, 11) is -8.58. The van der Waals surface area contributed by atoms with Crippen molar-refractivity contribution in [3.05, 3.63) is 139 Å². The van der Waals surface area contributed by atoms with Crippen LogP contribution in [0, 0.1) is 27.2 Å². The summed E-state index contributed by atoms with van der Waals surface area (Å²) in [6, 6.07) is 24.9. The Morgan fingerprint density at radius 1 is 0.691 bits per heavy atom. The first-order valence-electron chi connectivity index (χ1n) is 19.6. The van der Waals surface area contributed by atoms with Crippen LogP contribution < -0.4 is 8.37 Å². The number of aliphatic carboxylic acids is 1. The number of carboxylic acid groups (broad SMARTS) is 1. The number of aliphatic imine (C=N–C) groups is 2. The third-order valence-corrected chi connectivity index (χ3v) is 17.4. The number of aryl methyl sites for hydroxylation is 1. The van der Waals surface area contributed by atoms with Crippen LogP contribution >= 0.6 is 46.2 Å². The number of nitro groups is 2. The zero-order chi connectivity index (χ0) is 47.4. The second-order valence-corrected chi connectivity index (χ2v) is 22.0. The molecule has 4 heterocycles. The van der Waals surface area contributed by atoms with Crippen LogP contribution in [0.4, 0.5) is 11.4 Å². The smallest absolute Gasteiger partial charge is 0.346 e. The Labute approximate surface area is 403 Å². The first kappa shape index (κ1) is 47.9. The van der Waals surface area contributed by atoms with Gasteiger partial charge in [-0.05, 0) is 96.9 Å². The molecule has 18 nitrogen and oxygen atoms in total. The maximum Gasteiger partial charge on any atom is 0.346 e. The van der Waals surface area contributed by atoms with Crippen molar-refractivity contribution in [3.8, 4) is 11.5 Å². The first-order chi connectivity index (χ1) is 31.9. The highest BCUT2D eigenvalue weighted by atomic mass is 32.2. The van der Waals surface area contributed by atoms with Gasteiger partial charge in [-0.2, -0.15) is 16.8 Å². The molecule has 0 saturated carbocycles. The third kappa shape index (κ3) is 9.73. The van der Waals surface area contributed by atoms with Gasteiger partial charge in [0, 0.05) is 40.5 Å². The van der Waals surface area contributed by atoms with Crippen molar-refractivity contribution in [2.24, 2.45) is 9.98 Å². The minimum Gasteiger partial charge on any atom is -0.480 e. The topological polar surface area (TPSA) is 261 Å². The van der Waals surface area contributed by atoms with Crippen LogP contribution in [0.1, 0.15) is 29.9 Å². The van der Waals surface area contributed by atoms with E-state index in [2.05, 4.69) is 21.9 Å². The molecule has 8 aromatic rings. The summed E-state index contributed by atoms with van der Waals surface area (Å²) in [6.07, 6.45) is 0. The van der Waals surface area contributed by atoms with E-state index in [1.165, 1.54) is 47.4 Å². The van der Waals surface area contributed by atoms with Crippen LogP contribution in [0.25, 0.3) is 42.0 Å². The number of benzene rings is 6. The maximum absolute atomic E-state index is 12.8. The van der Waals surface area contributed by atoms with Gasteiger partial charge >= 0.3 is 26.2 Å². The molecule has 0 radical (unpaired) electrons. The average Bonchev–Trinajstić information content (AvgIpc) is 4.12. The summed E-state index contributed by atoms with van der Waals surface area (Å²) in [4.78, 5) is 49.5. The van der Waals surface area contributed by atoms with Crippen molar-refractivity contribution >= 4 is 136 Å². The molecule has 0 saturated heterocycles. The van der Waals surface area contributed by atoms with Gasteiger partial charge in [-0.25, -0.2) is 14.8 Å². The van der Waals surface area contributed by atoms with Crippen LogP contribution in [-0.4, -0.2) is 81.4 Å². The molecule has 2 aliphatic rings. The number of fused-ring (bicyclic) bond motifs is 6. The van der Waals surface area contributed by atoms with E-state index in [-0.39, 0.29) is 35.6 Å². The number of carboxylic acids is 1. The highest BCUT2D eigenvalue weighted by Crippen LogP contribution is 2.38. The Balaban J connectivity index is 0.000000182. The molecule has 348 valence electrons. The van der Waals surface area contributed by atoms with Gasteiger partial charge in [-0.15, -0.1) is 46.2 Å². The normalized spacial score (nSPS) is 15.9. The number of aromatic nitrogens is 2. The average molecular weight is 1030 g/mol. The van der Waals surface area contributed by atoms with Crippen LogP contribution in [-0.2, 0) is 25.0 Å². The number of hydrogen-bond donors (Lipinski definition) is 1. The maximum atomic E-state index is 12.8. The van der Waals surface area contributed by atoms with E-state index in [0.29, 0.717) is 32.3 Å². The van der Waals surface area contributed by atoms with Gasteiger partial charge in [0.05, 0.1) is 36.3 Å². The molecule has 1 N–H and O–H groups in total. The molecule has 2 aromatic heterocycles. The summed E-state index contributed by atoms with van der Waals surface area (Å²) < 4.78 is 63.2. The highest BCUT2D eigenvalue weighted by molar-refractivity contribution is 8.15. The van der Waals surface area contributed by atoms with E-state index in [1.807, 2.05) is 18.2 Å². The zero-order valence-electron chi connectivity index (χ0n) is 34.5. The largest absolute Gasteiger partial charge is 0.480 e. The van der Waals surface area contributed by atoms with Crippen LogP contribution in [0.15, 0.2) is 123 Å². The van der Waals surface area contributed by atoms with Crippen LogP contribution in [0.5, 0.6) is 11.5 Å². The second-order valence-electron chi connectivity index (χ2n) is 14.9. The van der Waals surface area contributed by atoms with Crippen LogP contribution in [0.2, 0.25) is 0 Å². The molecule has 0 spiro atoms. The molecule has 0 fully saturated rings. The molecule has 0 amide bonds. The summed E-state index contributed by atoms with van der Waals surface area (Å²) in [5.74, 6) is 0.504. The SMILES string of the molecule is C.CC1CSC(c2nc3ccc4cc(OS(=O)(=O)c5ccc([N+](=O)[O-])cc5)ccc4c3s2)=N1.Cc1ccc(S(=O)(=O)Oc2ccc3c(ccc4nc(C5=NC(C(=O)O)CS5)sc43)c2)c([N+](=O)[O-])c1. The standard InChI is InChI=1S/C22H15N3O7S3.C21H15N3O5S3.CH4/c1-11-2-7-18(17(8-11)25(28)29)35(30,31)32-13-4-5-14-12(9-13)3-6-15-19(14)34-21(23-15)20-24-16(10-33-20)22(26)27;1-12-11-30-20(22-12)21-23-18-9-2-13-10-15(5-8-17(13)19(18)31-21)29-32(27,28)16-6-3-14(4-7-16)24(25)26;/h2-9,16H,10H2,1H3,(H,26,27);2-10,12H,11H2,1H3;1H4. The van der Waals surface area contributed by atoms with Crippen molar-refractivity contribution in [2.45, 2.75) is 43.1 Å². The number of thioether (sulfide) groups is 2. The fraction of sp³-hybridized carbons (Fsp3) is 0.159.